The fraction of sp³-hybridized carbons (Fsp3) is 0.500. The summed E-state index contributed by atoms with van der Waals surface area (Å²) >= 11 is 0. The first kappa shape index (κ1) is 14.2. The third-order valence-corrected chi connectivity index (χ3v) is 4.00. The number of aryl methyl sites for hydroxylation is 1. The molecule has 0 bridgehead atoms. The van der Waals surface area contributed by atoms with Crippen LogP contribution in [0.15, 0.2) is 36.9 Å². The van der Waals surface area contributed by atoms with Crippen LogP contribution in [-0.2, 0) is 17.8 Å². The highest BCUT2D eigenvalue weighted by molar-refractivity contribution is 5.12. The maximum absolute atomic E-state index is 5.91. The summed E-state index contributed by atoms with van der Waals surface area (Å²) in [6, 6.07) is 4.09. The van der Waals surface area contributed by atoms with Crippen LogP contribution in [0.2, 0.25) is 0 Å². The second-order valence-electron chi connectivity index (χ2n) is 5.46. The van der Waals surface area contributed by atoms with Crippen LogP contribution in [0.1, 0.15) is 30.6 Å². The summed E-state index contributed by atoms with van der Waals surface area (Å²) < 4.78 is 7.87. The highest BCUT2D eigenvalue weighted by Gasteiger charge is 2.30. The van der Waals surface area contributed by atoms with E-state index in [0.717, 1.165) is 32.7 Å². The van der Waals surface area contributed by atoms with Crippen molar-refractivity contribution < 1.29 is 4.74 Å². The zero-order valence-corrected chi connectivity index (χ0v) is 12.4. The molecule has 5 heteroatoms. The Morgan fingerprint density at radius 1 is 1.38 bits per heavy atom. The molecule has 0 spiro atoms. The van der Waals surface area contributed by atoms with E-state index < -0.39 is 0 Å². The van der Waals surface area contributed by atoms with E-state index in [1.807, 2.05) is 35.4 Å². The van der Waals surface area contributed by atoms with Crippen molar-refractivity contribution in [3.05, 3.63) is 48.0 Å². The average Bonchev–Trinajstić information content (AvgIpc) is 3.16. The third kappa shape index (κ3) is 3.49. The number of hydrogen-bond acceptors (Lipinski definition) is 4. The lowest BCUT2D eigenvalue weighted by atomic mass is 9.97. The number of rotatable bonds is 6. The van der Waals surface area contributed by atoms with Crippen molar-refractivity contribution in [2.75, 3.05) is 13.2 Å². The largest absolute Gasteiger partial charge is 0.373 e. The van der Waals surface area contributed by atoms with Crippen LogP contribution in [0.3, 0.4) is 0 Å². The molecule has 2 aromatic rings. The number of ether oxygens (including phenoxy) is 1. The van der Waals surface area contributed by atoms with Crippen molar-refractivity contribution in [1.29, 1.82) is 0 Å². The Hall–Kier alpha value is -1.72. The Balaban J connectivity index is 1.54. The van der Waals surface area contributed by atoms with Crippen molar-refractivity contribution in [3.63, 3.8) is 0 Å². The lowest BCUT2D eigenvalue weighted by Gasteiger charge is -2.17. The smallest absolute Gasteiger partial charge is 0.0896 e. The van der Waals surface area contributed by atoms with E-state index in [9.17, 15) is 0 Å². The van der Waals surface area contributed by atoms with Crippen LogP contribution in [0, 0.1) is 5.92 Å². The molecule has 0 saturated carbocycles. The monoisotopic (exact) mass is 286 g/mol. The van der Waals surface area contributed by atoms with Gasteiger partial charge in [0, 0.05) is 56.3 Å². The summed E-state index contributed by atoms with van der Waals surface area (Å²) in [5.74, 6) is 0.515. The molecule has 0 aromatic carbocycles. The lowest BCUT2D eigenvalue weighted by Crippen LogP contribution is -2.24. The Kier molecular flexibility index (Phi) is 4.62. The normalized spacial score (nSPS) is 21.8. The molecule has 1 aliphatic heterocycles. The molecule has 2 aromatic heterocycles. The summed E-state index contributed by atoms with van der Waals surface area (Å²) in [4.78, 5) is 4.04. The van der Waals surface area contributed by atoms with Gasteiger partial charge in [-0.1, -0.05) is 0 Å². The van der Waals surface area contributed by atoms with Gasteiger partial charge in [-0.15, -0.1) is 0 Å². The van der Waals surface area contributed by atoms with Crippen molar-refractivity contribution in [3.8, 4) is 0 Å². The van der Waals surface area contributed by atoms with Crippen molar-refractivity contribution in [2.24, 2.45) is 5.92 Å². The van der Waals surface area contributed by atoms with Crippen LogP contribution >= 0.6 is 0 Å². The topological polar surface area (TPSA) is 52.0 Å². The predicted molar refractivity (Wildman–Crippen MR) is 80.6 cm³/mol. The Morgan fingerprint density at radius 2 is 2.24 bits per heavy atom. The second-order valence-corrected chi connectivity index (χ2v) is 5.46. The van der Waals surface area contributed by atoms with Crippen LogP contribution < -0.4 is 5.32 Å². The van der Waals surface area contributed by atoms with E-state index in [1.165, 1.54) is 11.1 Å². The van der Waals surface area contributed by atoms with E-state index in [-0.39, 0.29) is 6.10 Å². The standard InChI is InChI=1S/C16H22N4O/c1-2-20-12-15(11-19-20)16-14(5-8-21-16)10-18-9-13-3-6-17-7-4-13/h3-4,6-7,11-12,14,16,18H,2,5,8-10H2,1H3. The molecule has 1 fully saturated rings. The Labute approximate surface area is 125 Å². The molecule has 1 saturated heterocycles. The van der Waals surface area contributed by atoms with Gasteiger partial charge in [-0.25, -0.2) is 0 Å². The fourth-order valence-electron chi connectivity index (χ4n) is 2.81. The molecule has 21 heavy (non-hydrogen) atoms. The van der Waals surface area contributed by atoms with Crippen LogP contribution in [0.25, 0.3) is 0 Å². The van der Waals surface area contributed by atoms with Gasteiger partial charge in [-0.2, -0.15) is 5.10 Å². The lowest BCUT2D eigenvalue weighted by molar-refractivity contribution is 0.0904. The molecule has 112 valence electrons. The van der Waals surface area contributed by atoms with Gasteiger partial charge in [0.25, 0.3) is 0 Å². The highest BCUT2D eigenvalue weighted by atomic mass is 16.5. The summed E-state index contributed by atoms with van der Waals surface area (Å²) in [6.45, 7) is 5.67. The van der Waals surface area contributed by atoms with Gasteiger partial charge >= 0.3 is 0 Å². The maximum Gasteiger partial charge on any atom is 0.0896 e. The van der Waals surface area contributed by atoms with Crippen LogP contribution in [0.4, 0.5) is 0 Å². The number of pyridine rings is 1. The summed E-state index contributed by atoms with van der Waals surface area (Å²) in [5, 5.41) is 7.88. The predicted octanol–water partition coefficient (Wildman–Crippen LogP) is 2.17. The molecular weight excluding hydrogens is 264 g/mol. The first-order valence-electron chi connectivity index (χ1n) is 7.60. The van der Waals surface area contributed by atoms with Gasteiger partial charge in [0.1, 0.15) is 0 Å². The van der Waals surface area contributed by atoms with Gasteiger partial charge < -0.3 is 10.1 Å². The third-order valence-electron chi connectivity index (χ3n) is 4.00. The average molecular weight is 286 g/mol. The number of nitrogens with one attached hydrogen (secondary N) is 1. The quantitative estimate of drug-likeness (QED) is 0.884. The molecule has 1 aliphatic rings. The number of nitrogens with zero attached hydrogens (tertiary/aromatic N) is 3. The Morgan fingerprint density at radius 3 is 3.00 bits per heavy atom. The van der Waals surface area contributed by atoms with Crippen molar-refractivity contribution >= 4 is 0 Å². The molecule has 3 rings (SSSR count). The summed E-state index contributed by atoms with van der Waals surface area (Å²) in [7, 11) is 0. The van der Waals surface area contributed by atoms with Gasteiger partial charge in [-0.3, -0.25) is 9.67 Å². The van der Waals surface area contributed by atoms with E-state index in [0.29, 0.717) is 5.92 Å². The minimum Gasteiger partial charge on any atom is -0.373 e. The molecule has 2 atom stereocenters. The van der Waals surface area contributed by atoms with Crippen molar-refractivity contribution in [2.45, 2.75) is 32.5 Å². The van der Waals surface area contributed by atoms with Gasteiger partial charge in [-0.05, 0) is 31.0 Å². The van der Waals surface area contributed by atoms with E-state index >= 15 is 0 Å². The molecule has 3 heterocycles. The van der Waals surface area contributed by atoms with Crippen LogP contribution in [-0.4, -0.2) is 27.9 Å². The molecule has 0 aliphatic carbocycles. The number of aromatic nitrogens is 3. The fourth-order valence-corrected chi connectivity index (χ4v) is 2.81. The van der Waals surface area contributed by atoms with Gasteiger partial charge in [0.2, 0.25) is 0 Å². The zero-order valence-electron chi connectivity index (χ0n) is 12.4. The van der Waals surface area contributed by atoms with Crippen LogP contribution in [0.5, 0.6) is 0 Å². The molecule has 0 amide bonds. The first-order valence-corrected chi connectivity index (χ1v) is 7.60. The van der Waals surface area contributed by atoms with E-state index in [2.05, 4.69) is 28.5 Å². The minimum atomic E-state index is 0.176. The molecule has 1 N–H and O–H groups in total. The minimum absolute atomic E-state index is 0.176. The summed E-state index contributed by atoms with van der Waals surface area (Å²) in [6.07, 6.45) is 8.98. The highest BCUT2D eigenvalue weighted by Crippen LogP contribution is 2.33. The molecule has 2 unspecified atom stereocenters. The van der Waals surface area contributed by atoms with E-state index in [4.69, 9.17) is 4.74 Å². The first-order chi connectivity index (χ1) is 10.4. The molecular formula is C16H22N4O. The zero-order chi connectivity index (χ0) is 14.5. The van der Waals surface area contributed by atoms with Gasteiger partial charge in [0.05, 0.1) is 12.3 Å². The number of hydrogen-bond donors (Lipinski definition) is 1. The summed E-state index contributed by atoms with van der Waals surface area (Å²) in [5.41, 5.74) is 2.46. The molecule has 5 nitrogen and oxygen atoms in total. The van der Waals surface area contributed by atoms with Crippen molar-refractivity contribution in [1.82, 2.24) is 20.1 Å². The second kappa shape index (κ2) is 6.83. The van der Waals surface area contributed by atoms with E-state index in [1.54, 1.807) is 0 Å². The SMILES string of the molecule is CCn1cc(C2OCCC2CNCc2ccncc2)cn1. The van der Waals surface area contributed by atoms with Gasteiger partial charge in [0.15, 0.2) is 0 Å². The Bertz CT molecular complexity index is 554. The maximum atomic E-state index is 5.91. The molecule has 0 radical (unpaired) electrons.